The molecule has 9 heteroatoms. The first kappa shape index (κ1) is 30.3. The summed E-state index contributed by atoms with van der Waals surface area (Å²) in [4.78, 5) is 24.0. The Morgan fingerprint density at radius 3 is 1.69 bits per heavy atom. The quantitative estimate of drug-likeness (QED) is 0.221. The summed E-state index contributed by atoms with van der Waals surface area (Å²) in [7, 11) is -2.21. The average Bonchev–Trinajstić information content (AvgIpc) is 2.94. The third kappa shape index (κ3) is 6.63. The van der Waals surface area contributed by atoms with E-state index in [1.165, 1.54) is 45.2 Å². The maximum Gasteiger partial charge on any atom is 0.221 e. The topological polar surface area (TPSA) is 111 Å². The fourth-order valence-corrected chi connectivity index (χ4v) is 5.76. The molecule has 0 bridgehead atoms. The van der Waals surface area contributed by atoms with E-state index in [-0.39, 0.29) is 21.6 Å². The summed E-state index contributed by atoms with van der Waals surface area (Å²) in [5.41, 5.74) is 3.58. The van der Waals surface area contributed by atoms with Crippen molar-refractivity contribution in [1.29, 1.82) is 0 Å². The zero-order chi connectivity index (χ0) is 30.7. The molecule has 2 amide bonds. The molecule has 0 radical (unpaired) electrons. The predicted molar refractivity (Wildman–Crippen MR) is 163 cm³/mol. The van der Waals surface area contributed by atoms with Gasteiger partial charge in [-0.05, 0) is 90.3 Å². The van der Waals surface area contributed by atoms with E-state index in [1.54, 1.807) is 30.3 Å². The summed E-state index contributed by atoms with van der Waals surface area (Å²) >= 11 is 0. The summed E-state index contributed by atoms with van der Waals surface area (Å²) in [5.74, 6) is 0.961. The molecule has 0 aliphatic carbocycles. The van der Waals surface area contributed by atoms with Gasteiger partial charge in [0.2, 0.25) is 21.7 Å². The zero-order valence-electron chi connectivity index (χ0n) is 24.4. The first-order valence-electron chi connectivity index (χ1n) is 13.3. The van der Waals surface area contributed by atoms with Crippen LogP contribution in [-0.4, -0.2) is 27.3 Å². The van der Waals surface area contributed by atoms with Crippen molar-refractivity contribution in [2.75, 3.05) is 17.7 Å². The van der Waals surface area contributed by atoms with Crippen LogP contribution in [0, 0.1) is 6.92 Å². The molecule has 4 rings (SSSR count). The van der Waals surface area contributed by atoms with Crippen molar-refractivity contribution < 1.29 is 27.5 Å². The number of carbonyl (C=O) groups excluding carboxylic acids is 2. The van der Waals surface area contributed by atoms with Gasteiger partial charge in [0.25, 0.3) is 0 Å². The van der Waals surface area contributed by atoms with Gasteiger partial charge >= 0.3 is 0 Å². The van der Waals surface area contributed by atoms with Crippen molar-refractivity contribution in [3.05, 3.63) is 102 Å². The first-order chi connectivity index (χ1) is 19.8. The van der Waals surface area contributed by atoms with E-state index in [0.29, 0.717) is 22.9 Å². The number of ether oxygens (including phenoxy) is 2. The van der Waals surface area contributed by atoms with Crippen LogP contribution in [-0.2, 0) is 24.8 Å². The second kappa shape index (κ2) is 12.1. The molecule has 2 N–H and O–H groups in total. The molecule has 42 heavy (non-hydrogen) atoms. The third-order valence-corrected chi connectivity index (χ3v) is 8.80. The number of anilines is 2. The number of rotatable bonds is 9. The summed E-state index contributed by atoms with van der Waals surface area (Å²) in [6.45, 7) is 8.95. The molecule has 0 aliphatic rings. The van der Waals surface area contributed by atoms with Gasteiger partial charge in [0.15, 0.2) is 5.75 Å². The lowest BCUT2D eigenvalue weighted by Crippen LogP contribution is -2.20. The number of benzene rings is 4. The number of aryl methyl sites for hydroxylation is 1. The summed E-state index contributed by atoms with van der Waals surface area (Å²) in [6.07, 6.45) is 0. The van der Waals surface area contributed by atoms with Crippen LogP contribution in [0.15, 0.2) is 94.7 Å². The number of hydrogen-bond acceptors (Lipinski definition) is 6. The van der Waals surface area contributed by atoms with Gasteiger partial charge in [-0.15, -0.1) is 0 Å². The molecule has 4 aromatic rings. The van der Waals surface area contributed by atoms with Crippen molar-refractivity contribution >= 4 is 33.0 Å². The van der Waals surface area contributed by atoms with E-state index in [2.05, 4.69) is 24.5 Å². The number of hydrogen-bond donors (Lipinski definition) is 2. The van der Waals surface area contributed by atoms with Gasteiger partial charge < -0.3 is 20.1 Å². The maximum atomic E-state index is 13.1. The SMILES string of the molecule is COc1ccc(S(=O)(=O)c2ccc(Oc3ccc(C(C)(C)c4ccc(C)c(NC(C)=O)c4)cc3NC(C)=O)cc2)cc1. The Morgan fingerprint density at radius 1 is 0.690 bits per heavy atom. The number of nitrogens with one attached hydrogen (secondary N) is 2. The Bertz CT molecular complexity index is 1730. The molecule has 218 valence electrons. The van der Waals surface area contributed by atoms with Gasteiger partial charge in [-0.25, -0.2) is 8.42 Å². The molecular formula is C33H34N2O6S. The van der Waals surface area contributed by atoms with Gasteiger partial charge in [-0.2, -0.15) is 0 Å². The number of carbonyl (C=O) groups is 2. The van der Waals surface area contributed by atoms with E-state index in [1.807, 2.05) is 37.3 Å². The lowest BCUT2D eigenvalue weighted by atomic mass is 9.77. The second-order valence-corrected chi connectivity index (χ2v) is 12.4. The van der Waals surface area contributed by atoms with Crippen molar-refractivity contribution in [2.24, 2.45) is 0 Å². The van der Waals surface area contributed by atoms with Crippen LogP contribution in [0.4, 0.5) is 11.4 Å². The van der Waals surface area contributed by atoms with E-state index in [0.717, 1.165) is 22.4 Å². The molecule has 0 unspecified atom stereocenters. The van der Waals surface area contributed by atoms with E-state index >= 15 is 0 Å². The Hall–Kier alpha value is -4.63. The van der Waals surface area contributed by atoms with Gasteiger partial charge in [0.05, 0.1) is 22.6 Å². The largest absolute Gasteiger partial charge is 0.497 e. The second-order valence-electron chi connectivity index (χ2n) is 10.5. The fourth-order valence-electron chi connectivity index (χ4n) is 4.50. The fraction of sp³-hybridized carbons (Fsp3) is 0.212. The molecule has 8 nitrogen and oxygen atoms in total. The van der Waals surface area contributed by atoms with E-state index in [4.69, 9.17) is 9.47 Å². The lowest BCUT2D eigenvalue weighted by Gasteiger charge is -2.28. The van der Waals surface area contributed by atoms with Gasteiger partial charge in [0.1, 0.15) is 11.5 Å². The van der Waals surface area contributed by atoms with Crippen LogP contribution < -0.4 is 20.1 Å². The summed E-state index contributed by atoms with van der Waals surface area (Å²) in [5, 5.41) is 5.72. The smallest absolute Gasteiger partial charge is 0.221 e. The Balaban J connectivity index is 1.62. The van der Waals surface area contributed by atoms with Gasteiger partial charge in [0, 0.05) is 24.9 Å². The van der Waals surface area contributed by atoms with Crippen LogP contribution in [0.5, 0.6) is 17.2 Å². The molecule has 0 atom stereocenters. The van der Waals surface area contributed by atoms with E-state index in [9.17, 15) is 18.0 Å². The minimum absolute atomic E-state index is 0.121. The lowest BCUT2D eigenvalue weighted by molar-refractivity contribution is -0.115. The Kier molecular flexibility index (Phi) is 8.72. The van der Waals surface area contributed by atoms with Crippen LogP contribution in [0.2, 0.25) is 0 Å². The Morgan fingerprint density at radius 2 is 1.17 bits per heavy atom. The number of methoxy groups -OCH3 is 1. The van der Waals surface area contributed by atoms with Crippen LogP contribution in [0.25, 0.3) is 0 Å². The highest BCUT2D eigenvalue weighted by Gasteiger charge is 2.26. The normalized spacial score (nSPS) is 11.5. The maximum absolute atomic E-state index is 13.1. The molecule has 0 fully saturated rings. The molecule has 0 heterocycles. The van der Waals surface area contributed by atoms with Crippen molar-refractivity contribution in [2.45, 2.75) is 49.8 Å². The van der Waals surface area contributed by atoms with Crippen molar-refractivity contribution in [3.8, 4) is 17.2 Å². The molecule has 0 spiro atoms. The highest BCUT2D eigenvalue weighted by atomic mass is 32.2. The minimum atomic E-state index is -3.73. The Labute approximate surface area is 246 Å². The average molecular weight is 587 g/mol. The highest BCUT2D eigenvalue weighted by Crippen LogP contribution is 2.39. The van der Waals surface area contributed by atoms with Crippen molar-refractivity contribution in [3.63, 3.8) is 0 Å². The van der Waals surface area contributed by atoms with Gasteiger partial charge in [-0.3, -0.25) is 9.59 Å². The monoisotopic (exact) mass is 586 g/mol. The zero-order valence-corrected chi connectivity index (χ0v) is 25.3. The number of sulfone groups is 1. The summed E-state index contributed by atoms with van der Waals surface area (Å²) in [6, 6.07) is 23.8. The van der Waals surface area contributed by atoms with Crippen LogP contribution >= 0.6 is 0 Å². The molecule has 4 aromatic carbocycles. The minimum Gasteiger partial charge on any atom is -0.497 e. The van der Waals surface area contributed by atoms with Crippen LogP contribution in [0.3, 0.4) is 0 Å². The van der Waals surface area contributed by atoms with Crippen LogP contribution in [0.1, 0.15) is 44.4 Å². The molecular weight excluding hydrogens is 552 g/mol. The molecule has 0 aliphatic heterocycles. The van der Waals surface area contributed by atoms with Gasteiger partial charge in [-0.1, -0.05) is 32.0 Å². The first-order valence-corrected chi connectivity index (χ1v) is 14.8. The highest BCUT2D eigenvalue weighted by molar-refractivity contribution is 7.91. The third-order valence-electron chi connectivity index (χ3n) is 7.01. The molecule has 0 saturated heterocycles. The molecule has 0 aromatic heterocycles. The van der Waals surface area contributed by atoms with Crippen molar-refractivity contribution in [1.82, 2.24) is 0 Å². The molecule has 0 saturated carbocycles. The standard InChI is InChI=1S/C33H34N2O6S/c1-21-7-8-24(19-30(21)34-22(2)36)33(4,5)25-9-18-32(31(20-25)35-23(3)37)41-27-12-16-29(17-13-27)42(38,39)28-14-10-26(40-6)11-15-28/h7-20H,1-6H3,(H,34,36)(H,35,37). The van der Waals surface area contributed by atoms with E-state index < -0.39 is 15.3 Å². The number of amides is 2. The predicted octanol–water partition coefficient (Wildman–Crippen LogP) is 6.87. The summed E-state index contributed by atoms with van der Waals surface area (Å²) < 4.78 is 37.3.